The zero-order valence-electron chi connectivity index (χ0n) is 12.6. The van der Waals surface area contributed by atoms with Gasteiger partial charge < -0.3 is 10.6 Å². The third kappa shape index (κ3) is 5.29. The molecule has 0 aliphatic carbocycles. The first-order valence-electron chi connectivity index (χ1n) is 7.10. The van der Waals surface area contributed by atoms with Crippen LogP contribution in [-0.2, 0) is 6.42 Å². The number of aryl methyl sites for hydroxylation is 1. The van der Waals surface area contributed by atoms with Crippen LogP contribution < -0.4 is 5.73 Å². The molecule has 0 fully saturated rings. The number of carbonyl (C=O) groups is 1. The molecule has 0 heterocycles. The third-order valence-corrected chi connectivity index (χ3v) is 3.31. The standard InChI is InChI=1S/C16H24N2OS/c1-4-13-5-7-14(8-6-13)16(19)18(11-12(2)3)10-9-15(17)20/h5-8,12H,4,9-11H2,1-3H3,(H2,17,20). The summed E-state index contributed by atoms with van der Waals surface area (Å²) in [4.78, 5) is 14.8. The molecule has 0 atom stereocenters. The Hall–Kier alpha value is -1.42. The summed E-state index contributed by atoms with van der Waals surface area (Å²) >= 11 is 4.90. The van der Waals surface area contributed by atoms with Gasteiger partial charge in [-0.05, 0) is 30.0 Å². The molecule has 20 heavy (non-hydrogen) atoms. The second-order valence-electron chi connectivity index (χ2n) is 5.41. The number of thiocarbonyl (C=S) groups is 1. The van der Waals surface area contributed by atoms with E-state index in [-0.39, 0.29) is 5.91 Å². The van der Waals surface area contributed by atoms with Crippen molar-refractivity contribution in [3.05, 3.63) is 35.4 Å². The Labute approximate surface area is 127 Å². The molecule has 0 spiro atoms. The van der Waals surface area contributed by atoms with Gasteiger partial charge in [0.15, 0.2) is 0 Å². The normalized spacial score (nSPS) is 10.6. The summed E-state index contributed by atoms with van der Waals surface area (Å²) in [5.74, 6) is 0.470. The number of hydrogen-bond acceptors (Lipinski definition) is 2. The Morgan fingerprint density at radius 2 is 1.90 bits per heavy atom. The first-order chi connectivity index (χ1) is 9.43. The van der Waals surface area contributed by atoms with Gasteiger partial charge >= 0.3 is 0 Å². The number of nitrogens with zero attached hydrogens (tertiary/aromatic N) is 1. The molecule has 0 aliphatic rings. The molecular weight excluding hydrogens is 268 g/mol. The Kier molecular flexibility index (Phi) is 6.65. The molecule has 0 unspecified atom stereocenters. The molecule has 4 heteroatoms. The van der Waals surface area contributed by atoms with Gasteiger partial charge in [0.25, 0.3) is 5.91 Å². The average Bonchev–Trinajstić information content (AvgIpc) is 2.42. The van der Waals surface area contributed by atoms with E-state index in [0.717, 1.165) is 18.5 Å². The lowest BCUT2D eigenvalue weighted by Gasteiger charge is -2.24. The number of benzene rings is 1. The van der Waals surface area contributed by atoms with Crippen LogP contribution in [0.15, 0.2) is 24.3 Å². The molecular formula is C16H24N2OS. The third-order valence-electron chi connectivity index (χ3n) is 3.11. The number of amides is 1. The second kappa shape index (κ2) is 8.00. The van der Waals surface area contributed by atoms with Gasteiger partial charge in [0.05, 0.1) is 4.99 Å². The van der Waals surface area contributed by atoms with Crippen molar-refractivity contribution in [1.29, 1.82) is 0 Å². The zero-order chi connectivity index (χ0) is 15.1. The summed E-state index contributed by atoms with van der Waals surface area (Å²) in [6.07, 6.45) is 1.55. The minimum Gasteiger partial charge on any atom is -0.393 e. The van der Waals surface area contributed by atoms with Gasteiger partial charge in [-0.15, -0.1) is 0 Å². The molecule has 1 aromatic carbocycles. The molecule has 0 aromatic heterocycles. The summed E-state index contributed by atoms with van der Waals surface area (Å²) < 4.78 is 0. The van der Waals surface area contributed by atoms with E-state index in [0.29, 0.717) is 23.9 Å². The van der Waals surface area contributed by atoms with E-state index in [1.54, 1.807) is 0 Å². The van der Waals surface area contributed by atoms with Gasteiger partial charge in [-0.3, -0.25) is 4.79 Å². The Bertz CT molecular complexity index is 454. The van der Waals surface area contributed by atoms with Crippen LogP contribution in [-0.4, -0.2) is 28.9 Å². The molecule has 0 aliphatic heterocycles. The summed E-state index contributed by atoms with van der Waals surface area (Å²) in [5.41, 5.74) is 7.51. The molecule has 0 saturated heterocycles. The van der Waals surface area contributed by atoms with Crippen molar-refractivity contribution in [1.82, 2.24) is 4.90 Å². The van der Waals surface area contributed by atoms with Crippen LogP contribution in [0, 0.1) is 5.92 Å². The summed E-state index contributed by atoms with van der Waals surface area (Å²) in [7, 11) is 0. The Balaban J connectivity index is 2.81. The fourth-order valence-corrected chi connectivity index (χ4v) is 2.12. The van der Waals surface area contributed by atoms with Crippen molar-refractivity contribution in [2.75, 3.05) is 13.1 Å². The van der Waals surface area contributed by atoms with E-state index in [1.165, 1.54) is 5.56 Å². The van der Waals surface area contributed by atoms with E-state index >= 15 is 0 Å². The number of rotatable bonds is 7. The molecule has 1 amide bonds. The van der Waals surface area contributed by atoms with Crippen LogP contribution in [0.2, 0.25) is 0 Å². The molecule has 3 nitrogen and oxygen atoms in total. The van der Waals surface area contributed by atoms with Gasteiger partial charge in [0.1, 0.15) is 0 Å². The minimum absolute atomic E-state index is 0.0533. The van der Waals surface area contributed by atoms with E-state index in [1.807, 2.05) is 29.2 Å². The lowest BCUT2D eigenvalue weighted by atomic mass is 10.1. The van der Waals surface area contributed by atoms with Crippen LogP contribution in [0.25, 0.3) is 0 Å². The maximum atomic E-state index is 12.5. The van der Waals surface area contributed by atoms with Crippen molar-refractivity contribution < 1.29 is 4.79 Å². The summed E-state index contributed by atoms with van der Waals surface area (Å²) in [6, 6.07) is 7.81. The van der Waals surface area contributed by atoms with Gasteiger partial charge in [-0.2, -0.15) is 0 Å². The molecule has 0 radical (unpaired) electrons. The van der Waals surface area contributed by atoms with Crippen LogP contribution in [0.5, 0.6) is 0 Å². The van der Waals surface area contributed by atoms with Crippen molar-refractivity contribution in [2.45, 2.75) is 33.6 Å². The Morgan fingerprint density at radius 3 is 2.35 bits per heavy atom. The van der Waals surface area contributed by atoms with Crippen LogP contribution in [0.4, 0.5) is 0 Å². The topological polar surface area (TPSA) is 46.3 Å². The maximum absolute atomic E-state index is 12.5. The monoisotopic (exact) mass is 292 g/mol. The highest BCUT2D eigenvalue weighted by molar-refractivity contribution is 7.80. The predicted molar refractivity (Wildman–Crippen MR) is 88.0 cm³/mol. The van der Waals surface area contributed by atoms with Crippen molar-refractivity contribution >= 4 is 23.1 Å². The molecule has 0 bridgehead atoms. The van der Waals surface area contributed by atoms with Crippen LogP contribution in [0.3, 0.4) is 0 Å². The maximum Gasteiger partial charge on any atom is 0.253 e. The highest BCUT2D eigenvalue weighted by Gasteiger charge is 2.16. The summed E-state index contributed by atoms with van der Waals surface area (Å²) in [6.45, 7) is 7.60. The van der Waals surface area contributed by atoms with Crippen molar-refractivity contribution in [3.8, 4) is 0 Å². The largest absolute Gasteiger partial charge is 0.393 e. The van der Waals surface area contributed by atoms with E-state index in [2.05, 4.69) is 20.8 Å². The van der Waals surface area contributed by atoms with Gasteiger partial charge in [0, 0.05) is 25.1 Å². The first kappa shape index (κ1) is 16.6. The second-order valence-corrected chi connectivity index (χ2v) is 5.94. The molecule has 1 rings (SSSR count). The Morgan fingerprint density at radius 1 is 1.30 bits per heavy atom. The number of hydrogen-bond donors (Lipinski definition) is 1. The quantitative estimate of drug-likeness (QED) is 0.786. The van der Waals surface area contributed by atoms with Gasteiger partial charge in [0.2, 0.25) is 0 Å². The van der Waals surface area contributed by atoms with Crippen molar-refractivity contribution in [3.63, 3.8) is 0 Å². The molecule has 110 valence electrons. The first-order valence-corrected chi connectivity index (χ1v) is 7.51. The average molecular weight is 292 g/mol. The smallest absolute Gasteiger partial charge is 0.253 e. The van der Waals surface area contributed by atoms with Gasteiger partial charge in [-0.1, -0.05) is 45.1 Å². The van der Waals surface area contributed by atoms with Crippen molar-refractivity contribution in [2.24, 2.45) is 11.7 Å². The highest BCUT2D eigenvalue weighted by Crippen LogP contribution is 2.11. The lowest BCUT2D eigenvalue weighted by molar-refractivity contribution is 0.0741. The lowest BCUT2D eigenvalue weighted by Crippen LogP contribution is -2.36. The van der Waals surface area contributed by atoms with Crippen LogP contribution >= 0.6 is 12.2 Å². The minimum atomic E-state index is 0.0533. The van der Waals surface area contributed by atoms with E-state index in [9.17, 15) is 4.79 Å². The van der Waals surface area contributed by atoms with E-state index in [4.69, 9.17) is 18.0 Å². The molecule has 0 saturated carbocycles. The predicted octanol–water partition coefficient (Wildman–Crippen LogP) is 3.02. The fourth-order valence-electron chi connectivity index (χ4n) is 2.03. The SMILES string of the molecule is CCc1ccc(C(=O)N(CCC(N)=S)CC(C)C)cc1. The van der Waals surface area contributed by atoms with Gasteiger partial charge in [-0.25, -0.2) is 0 Å². The number of nitrogens with two attached hydrogens (primary N) is 1. The summed E-state index contributed by atoms with van der Waals surface area (Å²) in [5, 5.41) is 0. The van der Waals surface area contributed by atoms with E-state index < -0.39 is 0 Å². The molecule has 2 N–H and O–H groups in total. The fraction of sp³-hybridized carbons (Fsp3) is 0.500. The molecule has 1 aromatic rings. The van der Waals surface area contributed by atoms with Crippen LogP contribution in [0.1, 0.15) is 43.1 Å². The number of carbonyl (C=O) groups excluding carboxylic acids is 1. The highest BCUT2D eigenvalue weighted by atomic mass is 32.1. The zero-order valence-corrected chi connectivity index (χ0v) is 13.4.